The summed E-state index contributed by atoms with van der Waals surface area (Å²) >= 11 is 0. The molecule has 92 valence electrons. The van der Waals surface area contributed by atoms with Crippen molar-refractivity contribution in [2.45, 2.75) is 39.2 Å². The van der Waals surface area contributed by atoms with Gasteiger partial charge in [-0.25, -0.2) is 0 Å². The molecule has 0 amide bonds. The van der Waals surface area contributed by atoms with E-state index in [-0.39, 0.29) is 0 Å². The fraction of sp³-hybridized carbons (Fsp3) is 0.500. The topological polar surface area (TPSA) is 12.0 Å². The van der Waals surface area contributed by atoms with Crippen LogP contribution in [0.2, 0.25) is 0 Å². The minimum Gasteiger partial charge on any atom is -0.312 e. The third-order valence-electron chi connectivity index (χ3n) is 3.58. The summed E-state index contributed by atoms with van der Waals surface area (Å²) in [4.78, 5) is 0. The van der Waals surface area contributed by atoms with E-state index in [2.05, 4.69) is 48.6 Å². The van der Waals surface area contributed by atoms with Gasteiger partial charge in [-0.2, -0.15) is 0 Å². The first-order valence-electron chi connectivity index (χ1n) is 6.80. The largest absolute Gasteiger partial charge is 0.312 e. The SMILES string of the molecule is CC(CNCc1ccccc1)C1=CCCCC1. The molecule has 0 spiro atoms. The predicted octanol–water partition coefficient (Wildman–Crippen LogP) is 3.91. The molecule has 0 heterocycles. The van der Waals surface area contributed by atoms with Crippen LogP contribution in [0.25, 0.3) is 0 Å². The van der Waals surface area contributed by atoms with E-state index >= 15 is 0 Å². The number of hydrogen-bond acceptors (Lipinski definition) is 1. The van der Waals surface area contributed by atoms with Crippen molar-refractivity contribution in [1.82, 2.24) is 5.32 Å². The zero-order valence-electron chi connectivity index (χ0n) is 10.8. The highest BCUT2D eigenvalue weighted by Gasteiger charge is 2.10. The molecule has 2 rings (SSSR count). The van der Waals surface area contributed by atoms with Crippen LogP contribution in [0, 0.1) is 5.92 Å². The van der Waals surface area contributed by atoms with Crippen LogP contribution in [0.5, 0.6) is 0 Å². The summed E-state index contributed by atoms with van der Waals surface area (Å²) in [6, 6.07) is 10.6. The highest BCUT2D eigenvalue weighted by molar-refractivity contribution is 5.14. The lowest BCUT2D eigenvalue weighted by Crippen LogP contribution is -2.22. The fourth-order valence-electron chi connectivity index (χ4n) is 2.47. The summed E-state index contributed by atoms with van der Waals surface area (Å²) in [7, 11) is 0. The molecule has 1 atom stereocenters. The van der Waals surface area contributed by atoms with E-state index in [9.17, 15) is 0 Å². The monoisotopic (exact) mass is 229 g/mol. The summed E-state index contributed by atoms with van der Waals surface area (Å²) in [5, 5.41) is 3.56. The fourth-order valence-corrected chi connectivity index (χ4v) is 2.47. The van der Waals surface area contributed by atoms with Gasteiger partial charge in [0.15, 0.2) is 0 Å². The van der Waals surface area contributed by atoms with Gasteiger partial charge < -0.3 is 5.32 Å². The van der Waals surface area contributed by atoms with Crippen molar-refractivity contribution < 1.29 is 0 Å². The summed E-state index contributed by atoms with van der Waals surface area (Å²) in [6.45, 7) is 4.42. The minimum absolute atomic E-state index is 0.694. The van der Waals surface area contributed by atoms with Crippen molar-refractivity contribution in [3.05, 3.63) is 47.5 Å². The van der Waals surface area contributed by atoms with Crippen molar-refractivity contribution >= 4 is 0 Å². The van der Waals surface area contributed by atoms with Crippen LogP contribution < -0.4 is 5.32 Å². The molecule has 0 radical (unpaired) electrons. The molecule has 0 saturated carbocycles. The molecule has 0 bridgehead atoms. The first-order valence-corrected chi connectivity index (χ1v) is 6.80. The molecule has 17 heavy (non-hydrogen) atoms. The Hall–Kier alpha value is -1.08. The number of benzene rings is 1. The van der Waals surface area contributed by atoms with Crippen LogP contribution in [-0.4, -0.2) is 6.54 Å². The maximum Gasteiger partial charge on any atom is 0.0205 e. The molecule has 0 aliphatic heterocycles. The highest BCUT2D eigenvalue weighted by Crippen LogP contribution is 2.23. The Morgan fingerprint density at radius 1 is 1.18 bits per heavy atom. The minimum atomic E-state index is 0.694. The Balaban J connectivity index is 1.73. The van der Waals surface area contributed by atoms with Crippen molar-refractivity contribution in [3.63, 3.8) is 0 Å². The Bertz CT molecular complexity index is 353. The molecule has 0 fully saturated rings. The second-order valence-corrected chi connectivity index (χ2v) is 5.04. The third-order valence-corrected chi connectivity index (χ3v) is 3.58. The van der Waals surface area contributed by atoms with Crippen LogP contribution in [-0.2, 0) is 6.54 Å². The van der Waals surface area contributed by atoms with Gasteiger partial charge in [0.1, 0.15) is 0 Å². The summed E-state index contributed by atoms with van der Waals surface area (Å²) in [5.74, 6) is 0.694. The first-order chi connectivity index (χ1) is 8.36. The van der Waals surface area contributed by atoms with Crippen molar-refractivity contribution in [2.75, 3.05) is 6.54 Å². The molecular formula is C16H23N. The van der Waals surface area contributed by atoms with Gasteiger partial charge in [0.2, 0.25) is 0 Å². The van der Waals surface area contributed by atoms with E-state index in [0.717, 1.165) is 13.1 Å². The average Bonchev–Trinajstić information content (AvgIpc) is 2.41. The quantitative estimate of drug-likeness (QED) is 0.755. The van der Waals surface area contributed by atoms with Gasteiger partial charge in [0.25, 0.3) is 0 Å². The Morgan fingerprint density at radius 2 is 2.00 bits per heavy atom. The maximum absolute atomic E-state index is 3.56. The van der Waals surface area contributed by atoms with Crippen LogP contribution in [0.4, 0.5) is 0 Å². The summed E-state index contributed by atoms with van der Waals surface area (Å²) < 4.78 is 0. The Kier molecular flexibility index (Phi) is 4.81. The standard InChI is InChI=1S/C16H23N/c1-14(16-10-6-3-7-11-16)12-17-13-15-8-4-2-5-9-15/h2,4-5,8-10,14,17H,3,6-7,11-13H2,1H3. The van der Waals surface area contributed by atoms with Crippen molar-refractivity contribution in [2.24, 2.45) is 5.92 Å². The smallest absolute Gasteiger partial charge is 0.0205 e. The number of rotatable bonds is 5. The maximum atomic E-state index is 3.56. The van der Waals surface area contributed by atoms with E-state index in [4.69, 9.17) is 0 Å². The Morgan fingerprint density at radius 3 is 2.71 bits per heavy atom. The first kappa shape index (κ1) is 12.4. The lowest BCUT2D eigenvalue weighted by atomic mass is 9.90. The van der Waals surface area contributed by atoms with E-state index in [1.54, 1.807) is 5.57 Å². The molecule has 0 saturated heterocycles. The summed E-state index contributed by atoms with van der Waals surface area (Å²) in [5.41, 5.74) is 3.04. The van der Waals surface area contributed by atoms with Gasteiger partial charge in [-0.05, 0) is 37.2 Å². The predicted molar refractivity (Wildman–Crippen MR) is 73.9 cm³/mol. The van der Waals surface area contributed by atoms with E-state index in [0.29, 0.717) is 5.92 Å². The lowest BCUT2D eigenvalue weighted by molar-refractivity contribution is 0.532. The van der Waals surface area contributed by atoms with Gasteiger partial charge in [-0.1, -0.05) is 48.9 Å². The molecule has 1 unspecified atom stereocenters. The van der Waals surface area contributed by atoms with Gasteiger partial charge in [-0.3, -0.25) is 0 Å². The van der Waals surface area contributed by atoms with Crippen molar-refractivity contribution in [3.8, 4) is 0 Å². The van der Waals surface area contributed by atoms with E-state index in [1.807, 2.05) is 0 Å². The Labute approximate surface area is 105 Å². The molecule has 1 aliphatic carbocycles. The molecule has 0 aromatic heterocycles. The van der Waals surface area contributed by atoms with Gasteiger partial charge >= 0.3 is 0 Å². The molecule has 1 nitrogen and oxygen atoms in total. The van der Waals surface area contributed by atoms with Crippen LogP contribution >= 0.6 is 0 Å². The van der Waals surface area contributed by atoms with Gasteiger partial charge in [-0.15, -0.1) is 0 Å². The normalized spacial score (nSPS) is 17.6. The summed E-state index contributed by atoms with van der Waals surface area (Å²) in [6.07, 6.45) is 7.83. The van der Waals surface area contributed by atoms with E-state index in [1.165, 1.54) is 31.2 Å². The van der Waals surface area contributed by atoms with Crippen LogP contribution in [0.1, 0.15) is 38.2 Å². The van der Waals surface area contributed by atoms with Crippen LogP contribution in [0.3, 0.4) is 0 Å². The second-order valence-electron chi connectivity index (χ2n) is 5.04. The highest BCUT2D eigenvalue weighted by atomic mass is 14.9. The number of nitrogens with one attached hydrogen (secondary N) is 1. The lowest BCUT2D eigenvalue weighted by Gasteiger charge is -2.20. The molecule has 1 aliphatic rings. The zero-order valence-corrected chi connectivity index (χ0v) is 10.8. The number of hydrogen-bond donors (Lipinski definition) is 1. The van der Waals surface area contributed by atoms with Gasteiger partial charge in [0, 0.05) is 13.1 Å². The number of allylic oxidation sites excluding steroid dienone is 1. The second kappa shape index (κ2) is 6.61. The molecule has 1 heteroatoms. The zero-order chi connectivity index (χ0) is 11.9. The third kappa shape index (κ3) is 4.01. The van der Waals surface area contributed by atoms with E-state index < -0.39 is 0 Å². The average molecular weight is 229 g/mol. The molecule has 1 N–H and O–H groups in total. The van der Waals surface area contributed by atoms with Crippen LogP contribution in [0.15, 0.2) is 42.0 Å². The van der Waals surface area contributed by atoms with Gasteiger partial charge in [0.05, 0.1) is 0 Å². The van der Waals surface area contributed by atoms with Crippen molar-refractivity contribution in [1.29, 1.82) is 0 Å². The molecular weight excluding hydrogens is 206 g/mol. The molecule has 1 aromatic rings. The molecule has 1 aromatic carbocycles.